The van der Waals surface area contributed by atoms with Crippen LogP contribution in [0.15, 0.2) is 35.2 Å². The molecule has 2 aromatic rings. The van der Waals surface area contributed by atoms with E-state index in [1.54, 1.807) is 18.2 Å². The average Bonchev–Trinajstić information content (AvgIpc) is 2.53. The number of sulfonamides is 1. The molecule has 0 spiro atoms. The molecule has 2 aromatic carbocycles. The standard InChI is InChI=1S/C13H8Cl5N3O2S2/c14-6-2-1-3-10(12(6)18)19-13(24)20-21-25(22,23)11-5-8(16)7(15)4-9(11)17/h1-5,21H,(H2,19,20,24). The van der Waals surface area contributed by atoms with E-state index in [9.17, 15) is 8.42 Å². The highest BCUT2D eigenvalue weighted by Gasteiger charge is 2.20. The molecule has 0 amide bonds. The first-order valence-corrected chi connectivity index (χ1v) is 10.1. The van der Waals surface area contributed by atoms with Crippen LogP contribution in [-0.4, -0.2) is 13.5 Å². The number of benzene rings is 2. The van der Waals surface area contributed by atoms with Gasteiger partial charge in [0.25, 0.3) is 10.0 Å². The summed E-state index contributed by atoms with van der Waals surface area (Å²) in [5.41, 5.74) is 2.73. The molecule has 0 bridgehead atoms. The third-order valence-electron chi connectivity index (χ3n) is 2.76. The molecule has 0 saturated carbocycles. The van der Waals surface area contributed by atoms with Crippen LogP contribution in [-0.2, 0) is 10.0 Å². The highest BCUT2D eigenvalue weighted by Crippen LogP contribution is 2.31. The normalized spacial score (nSPS) is 11.2. The van der Waals surface area contributed by atoms with Gasteiger partial charge in [0.1, 0.15) is 4.90 Å². The molecule has 0 unspecified atom stereocenters. The van der Waals surface area contributed by atoms with E-state index in [4.69, 9.17) is 70.2 Å². The number of hydrogen-bond donors (Lipinski definition) is 3. The van der Waals surface area contributed by atoms with Crippen LogP contribution in [0.1, 0.15) is 0 Å². The summed E-state index contributed by atoms with van der Waals surface area (Å²) >= 11 is 34.4. The zero-order chi connectivity index (χ0) is 18.8. The van der Waals surface area contributed by atoms with Crippen LogP contribution >= 0.6 is 70.2 Å². The summed E-state index contributed by atoms with van der Waals surface area (Å²) in [5, 5.41) is 3.27. The van der Waals surface area contributed by atoms with Gasteiger partial charge in [-0.3, -0.25) is 5.43 Å². The van der Waals surface area contributed by atoms with E-state index in [1.165, 1.54) is 6.07 Å². The largest absolute Gasteiger partial charge is 0.330 e. The molecule has 0 aliphatic rings. The van der Waals surface area contributed by atoms with Gasteiger partial charge in [-0.1, -0.05) is 64.1 Å². The molecule has 12 heteroatoms. The molecule has 134 valence electrons. The van der Waals surface area contributed by atoms with Gasteiger partial charge in [-0.15, -0.1) is 4.83 Å². The van der Waals surface area contributed by atoms with E-state index in [0.29, 0.717) is 10.7 Å². The van der Waals surface area contributed by atoms with Crippen molar-refractivity contribution in [1.82, 2.24) is 10.3 Å². The third-order valence-corrected chi connectivity index (χ3v) is 6.22. The maximum absolute atomic E-state index is 12.3. The van der Waals surface area contributed by atoms with Crippen molar-refractivity contribution in [3.05, 3.63) is 55.4 Å². The van der Waals surface area contributed by atoms with Gasteiger partial charge in [0.15, 0.2) is 5.11 Å². The zero-order valence-electron chi connectivity index (χ0n) is 11.9. The Morgan fingerprint density at radius 2 is 1.56 bits per heavy atom. The Hall–Kier alpha value is -0.510. The molecule has 0 saturated heterocycles. The molecule has 3 N–H and O–H groups in total. The maximum Gasteiger partial charge on any atom is 0.258 e. The second-order valence-electron chi connectivity index (χ2n) is 4.48. The van der Waals surface area contributed by atoms with Crippen molar-refractivity contribution in [2.45, 2.75) is 4.90 Å². The van der Waals surface area contributed by atoms with Gasteiger partial charge in [-0.05, 0) is 36.5 Å². The summed E-state index contributed by atoms with van der Waals surface area (Å²) in [6.45, 7) is 0. The molecule has 0 heterocycles. The number of hydrogen-bond acceptors (Lipinski definition) is 3. The molecule has 0 aliphatic carbocycles. The van der Waals surface area contributed by atoms with E-state index in [-0.39, 0.29) is 30.1 Å². The van der Waals surface area contributed by atoms with Gasteiger partial charge in [0.05, 0.1) is 30.8 Å². The Morgan fingerprint density at radius 3 is 2.24 bits per heavy atom. The number of hydrazine groups is 1. The molecule has 0 atom stereocenters. The van der Waals surface area contributed by atoms with Gasteiger partial charge in [-0.2, -0.15) is 0 Å². The Labute approximate surface area is 174 Å². The van der Waals surface area contributed by atoms with Gasteiger partial charge in [-0.25, -0.2) is 8.42 Å². The number of thiocarbonyl (C=S) groups is 1. The second-order valence-corrected chi connectivity index (χ2v) is 8.55. The third kappa shape index (κ3) is 5.24. The summed E-state index contributed by atoms with van der Waals surface area (Å²) in [7, 11) is -4.06. The van der Waals surface area contributed by atoms with Crippen molar-refractivity contribution >= 4 is 91.0 Å². The Kier molecular flexibility index (Phi) is 7.03. The van der Waals surface area contributed by atoms with Gasteiger partial charge in [0, 0.05) is 0 Å². The van der Waals surface area contributed by atoms with Gasteiger partial charge < -0.3 is 5.32 Å². The molecule has 0 radical (unpaired) electrons. The molecule has 5 nitrogen and oxygen atoms in total. The highest BCUT2D eigenvalue weighted by molar-refractivity contribution is 7.89. The predicted molar refractivity (Wildman–Crippen MR) is 108 cm³/mol. The smallest absolute Gasteiger partial charge is 0.258 e. The fourth-order valence-electron chi connectivity index (χ4n) is 1.63. The molecule has 0 aromatic heterocycles. The fraction of sp³-hybridized carbons (Fsp3) is 0. The minimum atomic E-state index is -4.06. The van der Waals surface area contributed by atoms with Crippen LogP contribution in [0.5, 0.6) is 0 Å². The molecule has 0 aliphatic heterocycles. The van der Waals surface area contributed by atoms with Crippen molar-refractivity contribution in [3.8, 4) is 0 Å². The predicted octanol–water partition coefficient (Wildman–Crippen LogP) is 5.13. The molecular weight excluding hydrogens is 472 g/mol. The van der Waals surface area contributed by atoms with Crippen molar-refractivity contribution in [1.29, 1.82) is 0 Å². The quantitative estimate of drug-likeness (QED) is 0.322. The molecular formula is C13H8Cl5N3O2S2. The fourth-order valence-corrected chi connectivity index (χ4v) is 4.06. The molecule has 2 rings (SSSR count). The first-order valence-electron chi connectivity index (χ1n) is 6.29. The number of rotatable bonds is 4. The Morgan fingerprint density at radius 1 is 0.920 bits per heavy atom. The summed E-state index contributed by atoms with van der Waals surface area (Å²) in [4.78, 5) is 1.81. The summed E-state index contributed by atoms with van der Waals surface area (Å²) in [6.07, 6.45) is 0. The van der Waals surface area contributed by atoms with E-state index in [1.807, 2.05) is 0 Å². The summed E-state index contributed by atoms with van der Waals surface area (Å²) < 4.78 is 24.6. The molecule has 25 heavy (non-hydrogen) atoms. The van der Waals surface area contributed by atoms with E-state index >= 15 is 0 Å². The first-order chi connectivity index (χ1) is 11.6. The minimum Gasteiger partial charge on any atom is -0.330 e. The van der Waals surface area contributed by atoms with Crippen LogP contribution in [0.25, 0.3) is 0 Å². The lowest BCUT2D eigenvalue weighted by Crippen LogP contribution is -2.43. The van der Waals surface area contributed by atoms with Crippen LogP contribution in [0.3, 0.4) is 0 Å². The summed E-state index contributed by atoms with van der Waals surface area (Å²) in [5.74, 6) is 0. The van der Waals surface area contributed by atoms with E-state index in [2.05, 4.69) is 15.6 Å². The van der Waals surface area contributed by atoms with Gasteiger partial charge in [0.2, 0.25) is 0 Å². The van der Waals surface area contributed by atoms with Crippen LogP contribution in [0, 0.1) is 0 Å². The maximum atomic E-state index is 12.3. The first kappa shape index (κ1) is 20.8. The van der Waals surface area contributed by atoms with Crippen molar-refractivity contribution in [3.63, 3.8) is 0 Å². The Balaban J connectivity index is 2.11. The minimum absolute atomic E-state index is 0.0397. The SMILES string of the molecule is O=S(=O)(NNC(=S)Nc1cccc(Cl)c1Cl)c1cc(Cl)c(Cl)cc1Cl. The number of nitrogens with one attached hydrogen (secondary N) is 3. The average molecular weight is 480 g/mol. The number of anilines is 1. The lowest BCUT2D eigenvalue weighted by atomic mass is 10.3. The van der Waals surface area contributed by atoms with Crippen molar-refractivity contribution in [2.75, 3.05) is 5.32 Å². The summed E-state index contributed by atoms with van der Waals surface area (Å²) in [6, 6.07) is 7.22. The lowest BCUT2D eigenvalue weighted by Gasteiger charge is -2.14. The van der Waals surface area contributed by atoms with Crippen LogP contribution < -0.4 is 15.6 Å². The van der Waals surface area contributed by atoms with E-state index < -0.39 is 10.0 Å². The topological polar surface area (TPSA) is 70.2 Å². The van der Waals surface area contributed by atoms with Crippen LogP contribution in [0.4, 0.5) is 5.69 Å². The van der Waals surface area contributed by atoms with Crippen molar-refractivity contribution < 1.29 is 8.42 Å². The highest BCUT2D eigenvalue weighted by atomic mass is 35.5. The number of halogens is 5. The monoisotopic (exact) mass is 477 g/mol. The zero-order valence-corrected chi connectivity index (χ0v) is 17.3. The van der Waals surface area contributed by atoms with Crippen molar-refractivity contribution in [2.24, 2.45) is 0 Å². The lowest BCUT2D eigenvalue weighted by molar-refractivity contribution is 0.578. The van der Waals surface area contributed by atoms with Crippen LogP contribution in [0.2, 0.25) is 25.1 Å². The second kappa shape index (κ2) is 8.45. The Bertz CT molecular complexity index is 938. The molecule has 0 fully saturated rings. The van der Waals surface area contributed by atoms with E-state index in [0.717, 1.165) is 6.07 Å². The van der Waals surface area contributed by atoms with Gasteiger partial charge >= 0.3 is 0 Å².